The topological polar surface area (TPSA) is 80.6 Å². The lowest BCUT2D eigenvalue weighted by Gasteiger charge is -2.20. The number of ether oxygens (including phenoxy) is 1. The van der Waals surface area contributed by atoms with E-state index >= 15 is 0 Å². The van der Waals surface area contributed by atoms with E-state index in [0.717, 1.165) is 33.3 Å². The van der Waals surface area contributed by atoms with E-state index in [-0.39, 0.29) is 30.2 Å². The van der Waals surface area contributed by atoms with E-state index in [1.807, 2.05) is 61.5 Å². The van der Waals surface area contributed by atoms with Gasteiger partial charge in [0.1, 0.15) is 18.1 Å². The second kappa shape index (κ2) is 8.82. The number of fused-ring (bicyclic) bond motifs is 2. The lowest BCUT2D eigenvalue weighted by molar-refractivity contribution is -0.116. The summed E-state index contributed by atoms with van der Waals surface area (Å²) in [5.74, 6) is 1.31. The predicted molar refractivity (Wildman–Crippen MR) is 126 cm³/mol. The number of hydrogen-bond donors (Lipinski definition) is 2. The molecule has 1 unspecified atom stereocenters. The van der Waals surface area contributed by atoms with Gasteiger partial charge in [0.2, 0.25) is 5.91 Å². The fraction of sp³-hybridized carbons (Fsp3) is 0.185. The van der Waals surface area contributed by atoms with Crippen LogP contribution in [0.2, 0.25) is 0 Å². The molecule has 0 saturated carbocycles. The number of rotatable bonds is 6. The predicted octanol–water partition coefficient (Wildman–Crippen LogP) is 5.39. The Morgan fingerprint density at radius 3 is 2.76 bits per heavy atom. The summed E-state index contributed by atoms with van der Waals surface area (Å²) in [7, 11) is 0. The van der Waals surface area contributed by atoms with Crippen molar-refractivity contribution in [3.05, 3.63) is 95.4 Å². The molecule has 0 aliphatic carbocycles. The van der Waals surface area contributed by atoms with Gasteiger partial charge in [0.15, 0.2) is 5.76 Å². The van der Waals surface area contributed by atoms with E-state index in [2.05, 4.69) is 16.7 Å². The average molecular weight is 440 g/mol. The summed E-state index contributed by atoms with van der Waals surface area (Å²) in [6.45, 7) is 2.16. The van der Waals surface area contributed by atoms with Crippen molar-refractivity contribution in [1.82, 2.24) is 5.32 Å². The van der Waals surface area contributed by atoms with Crippen LogP contribution in [0.3, 0.4) is 0 Å². The Kier molecular flexibility index (Phi) is 5.57. The fourth-order valence-corrected chi connectivity index (χ4v) is 4.01. The first-order valence-electron chi connectivity index (χ1n) is 11.0. The van der Waals surface area contributed by atoms with Crippen LogP contribution >= 0.6 is 0 Å². The van der Waals surface area contributed by atoms with Crippen LogP contribution in [0.25, 0.3) is 10.8 Å². The van der Waals surface area contributed by atoms with Crippen molar-refractivity contribution in [3.63, 3.8) is 0 Å². The molecule has 6 nitrogen and oxygen atoms in total. The molecule has 6 heteroatoms. The molecule has 2 heterocycles. The minimum absolute atomic E-state index is 0.0369. The number of amides is 2. The van der Waals surface area contributed by atoms with Crippen LogP contribution in [0.5, 0.6) is 5.75 Å². The van der Waals surface area contributed by atoms with Crippen molar-refractivity contribution in [2.24, 2.45) is 0 Å². The SMILES string of the molecule is CC(NC(=O)c1ccc(COc2ccc3ccccc3c2)o1)c1ccc2c(c1)CCC(=O)N2. The Morgan fingerprint density at radius 2 is 1.88 bits per heavy atom. The van der Waals surface area contributed by atoms with Gasteiger partial charge in [-0.1, -0.05) is 42.5 Å². The highest BCUT2D eigenvalue weighted by Crippen LogP contribution is 2.26. The van der Waals surface area contributed by atoms with E-state index in [1.54, 1.807) is 12.1 Å². The molecule has 166 valence electrons. The summed E-state index contributed by atoms with van der Waals surface area (Å²) in [5.41, 5.74) is 2.90. The van der Waals surface area contributed by atoms with Gasteiger partial charge >= 0.3 is 0 Å². The maximum atomic E-state index is 12.7. The largest absolute Gasteiger partial charge is 0.486 e. The normalized spacial score (nSPS) is 13.8. The third-order valence-corrected chi connectivity index (χ3v) is 5.86. The van der Waals surface area contributed by atoms with Gasteiger partial charge < -0.3 is 19.8 Å². The van der Waals surface area contributed by atoms with Crippen LogP contribution < -0.4 is 15.4 Å². The Bertz CT molecular complexity index is 1340. The van der Waals surface area contributed by atoms with E-state index < -0.39 is 0 Å². The van der Waals surface area contributed by atoms with Crippen molar-refractivity contribution in [3.8, 4) is 5.75 Å². The Hall–Kier alpha value is -4.06. The Balaban J connectivity index is 1.20. The number of hydrogen-bond acceptors (Lipinski definition) is 4. The molecule has 0 saturated heterocycles. The number of benzene rings is 3. The minimum atomic E-state index is -0.287. The van der Waals surface area contributed by atoms with E-state index in [1.165, 1.54) is 0 Å². The van der Waals surface area contributed by atoms with Gasteiger partial charge in [0, 0.05) is 12.1 Å². The third-order valence-electron chi connectivity index (χ3n) is 5.86. The number of nitrogens with one attached hydrogen (secondary N) is 2. The summed E-state index contributed by atoms with van der Waals surface area (Å²) in [5, 5.41) is 8.11. The van der Waals surface area contributed by atoms with E-state index in [9.17, 15) is 9.59 Å². The maximum absolute atomic E-state index is 12.7. The molecule has 0 fully saturated rings. The molecule has 33 heavy (non-hydrogen) atoms. The molecule has 2 N–H and O–H groups in total. The van der Waals surface area contributed by atoms with Crippen LogP contribution in [-0.2, 0) is 17.8 Å². The van der Waals surface area contributed by atoms with Crippen molar-refractivity contribution in [1.29, 1.82) is 0 Å². The van der Waals surface area contributed by atoms with Crippen molar-refractivity contribution in [2.45, 2.75) is 32.4 Å². The van der Waals surface area contributed by atoms with Gasteiger partial charge in [-0.15, -0.1) is 0 Å². The molecule has 0 bridgehead atoms. The lowest BCUT2D eigenvalue weighted by atomic mass is 9.98. The highest BCUT2D eigenvalue weighted by molar-refractivity contribution is 5.94. The Labute approximate surface area is 191 Å². The molecular formula is C27H24N2O4. The minimum Gasteiger partial charge on any atom is -0.486 e. The van der Waals surface area contributed by atoms with Gasteiger partial charge in [0.25, 0.3) is 5.91 Å². The van der Waals surface area contributed by atoms with Gasteiger partial charge in [-0.2, -0.15) is 0 Å². The van der Waals surface area contributed by atoms with Crippen molar-refractivity contribution in [2.75, 3.05) is 5.32 Å². The molecule has 1 aliphatic heterocycles. The first-order chi connectivity index (χ1) is 16.0. The van der Waals surface area contributed by atoms with E-state index in [4.69, 9.17) is 9.15 Å². The number of furan rings is 1. The van der Waals surface area contributed by atoms with Gasteiger partial charge in [-0.3, -0.25) is 9.59 Å². The summed E-state index contributed by atoms with van der Waals surface area (Å²) in [6.07, 6.45) is 1.18. The smallest absolute Gasteiger partial charge is 0.287 e. The zero-order valence-electron chi connectivity index (χ0n) is 18.3. The lowest BCUT2D eigenvalue weighted by Crippen LogP contribution is -2.26. The number of aryl methyl sites for hydroxylation is 1. The van der Waals surface area contributed by atoms with Crippen LogP contribution in [-0.4, -0.2) is 11.8 Å². The summed E-state index contributed by atoms with van der Waals surface area (Å²) >= 11 is 0. The quantitative estimate of drug-likeness (QED) is 0.421. The summed E-state index contributed by atoms with van der Waals surface area (Å²) in [6, 6.07) is 23.1. The number of anilines is 1. The third kappa shape index (κ3) is 4.60. The molecule has 3 aromatic carbocycles. The van der Waals surface area contributed by atoms with E-state index in [0.29, 0.717) is 18.6 Å². The second-order valence-corrected chi connectivity index (χ2v) is 8.22. The second-order valence-electron chi connectivity index (χ2n) is 8.22. The molecule has 1 aromatic heterocycles. The molecular weight excluding hydrogens is 416 g/mol. The molecule has 4 aromatic rings. The molecule has 0 spiro atoms. The molecule has 1 atom stereocenters. The van der Waals surface area contributed by atoms with Crippen LogP contribution in [0, 0.1) is 0 Å². The maximum Gasteiger partial charge on any atom is 0.287 e. The average Bonchev–Trinajstić information content (AvgIpc) is 3.31. The van der Waals surface area contributed by atoms with Crippen LogP contribution in [0.15, 0.2) is 77.2 Å². The van der Waals surface area contributed by atoms with Crippen molar-refractivity contribution >= 4 is 28.3 Å². The number of carbonyl (C=O) groups is 2. The van der Waals surface area contributed by atoms with Gasteiger partial charge in [0.05, 0.1) is 6.04 Å². The standard InChI is InChI=1S/C27H24N2O4/c1-17(19-7-11-24-21(14-19)8-13-26(30)29-24)28-27(31)25-12-10-23(33-25)16-32-22-9-6-18-4-2-3-5-20(18)15-22/h2-7,9-12,14-15,17H,8,13,16H2,1H3,(H,28,31)(H,29,30). The first-order valence-corrected chi connectivity index (χ1v) is 11.0. The van der Waals surface area contributed by atoms with Gasteiger partial charge in [-0.05, 0) is 65.6 Å². The van der Waals surface area contributed by atoms with Crippen molar-refractivity contribution < 1.29 is 18.7 Å². The first kappa shape index (κ1) is 20.8. The fourth-order valence-electron chi connectivity index (χ4n) is 4.01. The molecule has 2 amide bonds. The zero-order valence-corrected chi connectivity index (χ0v) is 18.3. The molecule has 5 rings (SSSR count). The highest BCUT2D eigenvalue weighted by Gasteiger charge is 2.19. The van der Waals surface area contributed by atoms with Crippen LogP contribution in [0.4, 0.5) is 5.69 Å². The van der Waals surface area contributed by atoms with Crippen LogP contribution in [0.1, 0.15) is 46.8 Å². The zero-order chi connectivity index (χ0) is 22.8. The summed E-state index contributed by atoms with van der Waals surface area (Å²) < 4.78 is 11.6. The Morgan fingerprint density at radius 1 is 1.03 bits per heavy atom. The van der Waals surface area contributed by atoms with Gasteiger partial charge in [-0.25, -0.2) is 0 Å². The monoisotopic (exact) mass is 440 g/mol. The highest BCUT2D eigenvalue weighted by atomic mass is 16.5. The molecule has 0 radical (unpaired) electrons. The molecule has 1 aliphatic rings. The number of carbonyl (C=O) groups excluding carboxylic acids is 2. The summed E-state index contributed by atoms with van der Waals surface area (Å²) in [4.78, 5) is 24.2.